The lowest BCUT2D eigenvalue weighted by Gasteiger charge is -2.07. The highest BCUT2D eigenvalue weighted by Crippen LogP contribution is 2.31. The van der Waals surface area contributed by atoms with Crippen molar-refractivity contribution < 1.29 is 0 Å². The van der Waals surface area contributed by atoms with Gasteiger partial charge in [0.1, 0.15) is 4.83 Å². The summed E-state index contributed by atoms with van der Waals surface area (Å²) >= 11 is 4.75. The molecule has 0 saturated heterocycles. The predicted octanol–water partition coefficient (Wildman–Crippen LogP) is 4.10. The summed E-state index contributed by atoms with van der Waals surface area (Å²) in [5, 5.41) is 11.4. The minimum atomic E-state index is -0.459. The minimum absolute atomic E-state index is 0.106. The molecule has 0 saturated carbocycles. The first kappa shape index (κ1) is 17.5. The molecule has 0 radical (unpaired) electrons. The Kier molecular flexibility index (Phi) is 4.52. The number of thiophene rings is 1. The lowest BCUT2D eigenvalue weighted by molar-refractivity contribution is 0.713. The smallest absolute Gasteiger partial charge is 0.298 e. The summed E-state index contributed by atoms with van der Waals surface area (Å²) in [7, 11) is 0. The van der Waals surface area contributed by atoms with Crippen molar-refractivity contribution in [2.24, 2.45) is 0 Å². The molecule has 2 aromatic carbocycles. The van der Waals surface area contributed by atoms with Crippen LogP contribution in [0.3, 0.4) is 0 Å². The Hall–Kier alpha value is -2.95. The maximum atomic E-state index is 13.1. The van der Waals surface area contributed by atoms with Crippen LogP contribution in [0.5, 0.6) is 0 Å². The van der Waals surface area contributed by atoms with Gasteiger partial charge in [0.15, 0.2) is 0 Å². The molecule has 4 aromatic rings. The molecule has 0 aliphatic carbocycles. The molecule has 0 atom stereocenters. The van der Waals surface area contributed by atoms with E-state index in [0.29, 0.717) is 15.8 Å². The van der Waals surface area contributed by atoms with E-state index in [-0.39, 0.29) is 12.1 Å². The number of aromatic amines is 1. The minimum Gasteiger partial charge on any atom is -0.298 e. The quantitative estimate of drug-likeness (QED) is 0.523. The topological polar surface area (TPSA) is 78.7 Å². The molecule has 27 heavy (non-hydrogen) atoms. The van der Waals surface area contributed by atoms with Crippen LogP contribution in [0.1, 0.15) is 11.1 Å². The van der Waals surface area contributed by atoms with Crippen molar-refractivity contribution in [3.05, 3.63) is 90.3 Å². The highest BCUT2D eigenvalue weighted by molar-refractivity contribution is 9.10. The van der Waals surface area contributed by atoms with Crippen LogP contribution in [0.15, 0.2) is 68.0 Å². The number of rotatable bonds is 3. The average molecular weight is 438 g/mol. The number of nitriles is 1. The third-order valence-electron chi connectivity index (χ3n) is 4.27. The van der Waals surface area contributed by atoms with Gasteiger partial charge in [0.25, 0.3) is 5.56 Å². The average Bonchev–Trinajstić information content (AvgIpc) is 3.09. The summed E-state index contributed by atoms with van der Waals surface area (Å²) in [6.07, 6.45) is 0. The summed E-state index contributed by atoms with van der Waals surface area (Å²) in [6, 6.07) is 16.6. The van der Waals surface area contributed by atoms with Crippen LogP contribution in [0.2, 0.25) is 0 Å². The molecule has 2 aromatic heterocycles. The molecule has 0 fully saturated rings. The van der Waals surface area contributed by atoms with Gasteiger partial charge in [0.05, 0.1) is 23.6 Å². The van der Waals surface area contributed by atoms with Crippen LogP contribution in [0.4, 0.5) is 0 Å². The highest BCUT2D eigenvalue weighted by atomic mass is 79.9. The zero-order valence-corrected chi connectivity index (χ0v) is 16.3. The molecule has 0 aliphatic rings. The predicted molar refractivity (Wildman–Crippen MR) is 110 cm³/mol. The first-order valence-corrected chi connectivity index (χ1v) is 9.73. The van der Waals surface area contributed by atoms with Gasteiger partial charge in [-0.25, -0.2) is 4.79 Å². The maximum Gasteiger partial charge on any atom is 0.329 e. The second kappa shape index (κ2) is 6.99. The van der Waals surface area contributed by atoms with Gasteiger partial charge in [-0.3, -0.25) is 14.3 Å². The van der Waals surface area contributed by atoms with Crippen LogP contribution in [0, 0.1) is 11.3 Å². The van der Waals surface area contributed by atoms with E-state index < -0.39 is 5.69 Å². The number of hydrogen-bond donors (Lipinski definition) is 1. The fourth-order valence-electron chi connectivity index (χ4n) is 2.96. The van der Waals surface area contributed by atoms with E-state index in [1.807, 2.05) is 29.6 Å². The summed E-state index contributed by atoms with van der Waals surface area (Å²) in [5.74, 6) is 0. The molecule has 1 N–H and O–H groups in total. The molecule has 0 bridgehead atoms. The van der Waals surface area contributed by atoms with Crippen molar-refractivity contribution in [2.75, 3.05) is 0 Å². The first-order chi connectivity index (χ1) is 13.1. The lowest BCUT2D eigenvalue weighted by Crippen LogP contribution is -2.35. The van der Waals surface area contributed by atoms with Crippen molar-refractivity contribution >= 4 is 37.5 Å². The fourth-order valence-corrected chi connectivity index (χ4v) is 4.18. The van der Waals surface area contributed by atoms with Crippen LogP contribution in [-0.2, 0) is 6.54 Å². The van der Waals surface area contributed by atoms with Crippen LogP contribution >= 0.6 is 27.3 Å². The number of halogens is 1. The van der Waals surface area contributed by atoms with E-state index in [1.54, 1.807) is 24.3 Å². The number of aromatic nitrogens is 2. The maximum absolute atomic E-state index is 13.1. The second-order valence-electron chi connectivity index (χ2n) is 5.99. The Bertz CT molecular complexity index is 1310. The number of nitrogens with one attached hydrogen (secondary N) is 1. The summed E-state index contributed by atoms with van der Waals surface area (Å²) < 4.78 is 2.13. The van der Waals surface area contributed by atoms with Crippen LogP contribution in [0.25, 0.3) is 21.3 Å². The third-order valence-corrected chi connectivity index (χ3v) is 5.69. The summed E-state index contributed by atoms with van der Waals surface area (Å²) in [4.78, 5) is 28.9. The van der Waals surface area contributed by atoms with Gasteiger partial charge in [-0.15, -0.1) is 11.3 Å². The van der Waals surface area contributed by atoms with Gasteiger partial charge in [-0.2, -0.15) is 5.26 Å². The Balaban J connectivity index is 1.88. The van der Waals surface area contributed by atoms with Gasteiger partial charge in [0, 0.05) is 15.4 Å². The standard InChI is InChI=1S/C20H12BrN3O2S/c21-15-6-4-14(5-7-15)16-11-27-18-17(16)19(25)24(20(26)23-18)10-13-3-1-2-12(8-13)9-22/h1-8,11H,10H2,(H,23,26). The second-order valence-corrected chi connectivity index (χ2v) is 7.79. The monoisotopic (exact) mass is 437 g/mol. The molecule has 2 heterocycles. The van der Waals surface area contributed by atoms with E-state index in [2.05, 4.69) is 27.0 Å². The Morgan fingerprint density at radius 2 is 1.93 bits per heavy atom. The van der Waals surface area contributed by atoms with E-state index in [0.717, 1.165) is 21.2 Å². The van der Waals surface area contributed by atoms with Crippen molar-refractivity contribution in [3.8, 4) is 17.2 Å². The van der Waals surface area contributed by atoms with Crippen molar-refractivity contribution in [3.63, 3.8) is 0 Å². The van der Waals surface area contributed by atoms with Gasteiger partial charge in [-0.1, -0.05) is 40.2 Å². The fraction of sp³-hybridized carbons (Fsp3) is 0.0500. The van der Waals surface area contributed by atoms with Gasteiger partial charge >= 0.3 is 5.69 Å². The van der Waals surface area contributed by atoms with Crippen molar-refractivity contribution in [1.29, 1.82) is 5.26 Å². The number of fused-ring (bicyclic) bond motifs is 1. The Labute approximate surface area is 166 Å². The molecule has 0 spiro atoms. The number of nitrogens with zero attached hydrogens (tertiary/aromatic N) is 2. The van der Waals surface area contributed by atoms with Gasteiger partial charge in [-0.05, 0) is 35.4 Å². The molecule has 0 unspecified atom stereocenters. The van der Waals surface area contributed by atoms with E-state index >= 15 is 0 Å². The number of hydrogen-bond acceptors (Lipinski definition) is 4. The van der Waals surface area contributed by atoms with Gasteiger partial charge in [0.2, 0.25) is 0 Å². The van der Waals surface area contributed by atoms with E-state index in [4.69, 9.17) is 5.26 Å². The van der Waals surface area contributed by atoms with Crippen molar-refractivity contribution in [1.82, 2.24) is 9.55 Å². The molecule has 0 aliphatic heterocycles. The van der Waals surface area contributed by atoms with Gasteiger partial charge < -0.3 is 0 Å². The summed E-state index contributed by atoms with van der Waals surface area (Å²) in [5.41, 5.74) is 2.12. The zero-order chi connectivity index (χ0) is 19.0. The first-order valence-electron chi connectivity index (χ1n) is 8.06. The van der Waals surface area contributed by atoms with E-state index in [1.165, 1.54) is 15.9 Å². The lowest BCUT2D eigenvalue weighted by atomic mass is 10.1. The van der Waals surface area contributed by atoms with Crippen molar-refractivity contribution in [2.45, 2.75) is 6.54 Å². The molecule has 5 nitrogen and oxygen atoms in total. The summed E-state index contributed by atoms with van der Waals surface area (Å²) in [6.45, 7) is 0.106. The molecular formula is C20H12BrN3O2S. The molecule has 4 rings (SSSR count). The highest BCUT2D eigenvalue weighted by Gasteiger charge is 2.15. The van der Waals surface area contributed by atoms with Crippen LogP contribution in [-0.4, -0.2) is 9.55 Å². The largest absolute Gasteiger partial charge is 0.329 e. The molecule has 0 amide bonds. The molecular weight excluding hydrogens is 426 g/mol. The zero-order valence-electron chi connectivity index (χ0n) is 13.9. The number of benzene rings is 2. The molecule has 7 heteroatoms. The SMILES string of the molecule is N#Cc1cccc(Cn2c(=O)[nH]c3scc(-c4ccc(Br)cc4)c3c2=O)c1. The Morgan fingerprint density at radius 3 is 2.67 bits per heavy atom. The van der Waals surface area contributed by atoms with Crippen LogP contribution < -0.4 is 11.2 Å². The normalized spacial score (nSPS) is 10.8. The molecule has 132 valence electrons. The number of H-pyrrole nitrogens is 1. The van der Waals surface area contributed by atoms with E-state index in [9.17, 15) is 9.59 Å². The Morgan fingerprint density at radius 1 is 1.15 bits per heavy atom. The third kappa shape index (κ3) is 3.25.